The van der Waals surface area contributed by atoms with Crippen LogP contribution in [-0.4, -0.2) is 18.2 Å². The Kier molecular flexibility index (Phi) is 5.94. The van der Waals surface area contributed by atoms with E-state index in [1.165, 1.54) is 0 Å². The number of hydrogen-bond acceptors (Lipinski definition) is 3. The molecule has 2 aromatic carbocycles. The molecule has 0 atom stereocenters. The smallest absolute Gasteiger partial charge is 0.145 e. The lowest BCUT2D eigenvalue weighted by molar-refractivity contribution is 0.267. The number of hydrogen-bond donors (Lipinski definition) is 0. The van der Waals surface area contributed by atoms with Gasteiger partial charge in [0.1, 0.15) is 17.0 Å². The summed E-state index contributed by atoms with van der Waals surface area (Å²) >= 11 is 9.35. The van der Waals surface area contributed by atoms with Gasteiger partial charge in [-0.15, -0.1) is 0 Å². The van der Waals surface area contributed by atoms with Gasteiger partial charge >= 0.3 is 0 Å². The van der Waals surface area contributed by atoms with Crippen molar-refractivity contribution in [2.75, 3.05) is 13.2 Å². The molecule has 0 saturated carbocycles. The lowest BCUT2D eigenvalue weighted by atomic mass is 10.2. The van der Waals surface area contributed by atoms with Gasteiger partial charge in [0.2, 0.25) is 0 Å². The number of unbranched alkanes of at least 4 members (excludes halogenated alkanes) is 1. The standard InChI is InChI=1S/C19H17BrClNO2/c20-16-13-15(21)8-9-17(16)23-11-1-2-12-24-18-7-3-5-14-6-4-10-22-19(14)18/h3-10,13H,1-2,11-12H2. The van der Waals surface area contributed by atoms with E-state index in [4.69, 9.17) is 21.1 Å². The van der Waals surface area contributed by atoms with Gasteiger partial charge in [0.15, 0.2) is 0 Å². The van der Waals surface area contributed by atoms with Gasteiger partial charge < -0.3 is 9.47 Å². The first-order valence-electron chi connectivity index (χ1n) is 7.78. The summed E-state index contributed by atoms with van der Waals surface area (Å²) in [4.78, 5) is 4.39. The van der Waals surface area contributed by atoms with E-state index in [0.717, 1.165) is 39.7 Å². The normalized spacial score (nSPS) is 10.8. The van der Waals surface area contributed by atoms with Crippen molar-refractivity contribution in [3.05, 3.63) is 64.2 Å². The van der Waals surface area contributed by atoms with Gasteiger partial charge in [0.25, 0.3) is 0 Å². The average molecular weight is 407 g/mol. The molecule has 1 heterocycles. The largest absolute Gasteiger partial charge is 0.492 e. The third kappa shape index (κ3) is 4.40. The van der Waals surface area contributed by atoms with Crippen molar-refractivity contribution in [3.8, 4) is 11.5 Å². The van der Waals surface area contributed by atoms with Gasteiger partial charge in [-0.1, -0.05) is 29.8 Å². The zero-order valence-corrected chi connectivity index (χ0v) is 15.4. The molecule has 0 spiro atoms. The molecule has 0 radical (unpaired) electrons. The number of nitrogens with zero attached hydrogens (tertiary/aromatic N) is 1. The van der Waals surface area contributed by atoms with Crippen LogP contribution in [0.5, 0.6) is 11.5 Å². The Bertz CT molecular complexity index is 820. The lowest BCUT2D eigenvalue weighted by Gasteiger charge is -2.10. The van der Waals surface area contributed by atoms with Crippen molar-refractivity contribution in [2.24, 2.45) is 0 Å². The molecule has 24 heavy (non-hydrogen) atoms. The van der Waals surface area contributed by atoms with Crippen LogP contribution in [-0.2, 0) is 0 Å². The number of halogens is 2. The number of pyridine rings is 1. The summed E-state index contributed by atoms with van der Waals surface area (Å²) in [5.74, 6) is 1.63. The van der Waals surface area contributed by atoms with Crippen molar-refractivity contribution in [3.63, 3.8) is 0 Å². The quantitative estimate of drug-likeness (QED) is 0.458. The van der Waals surface area contributed by atoms with Crippen LogP contribution < -0.4 is 9.47 Å². The summed E-state index contributed by atoms with van der Waals surface area (Å²) in [6, 6.07) is 15.5. The molecule has 0 amide bonds. The Hall–Kier alpha value is -1.78. The zero-order valence-electron chi connectivity index (χ0n) is 13.0. The van der Waals surface area contributed by atoms with Crippen LogP contribution in [0.4, 0.5) is 0 Å². The minimum Gasteiger partial charge on any atom is -0.492 e. The van der Waals surface area contributed by atoms with E-state index in [1.54, 1.807) is 6.20 Å². The number of para-hydroxylation sites is 1. The number of benzene rings is 2. The highest BCUT2D eigenvalue weighted by atomic mass is 79.9. The number of ether oxygens (including phenoxy) is 2. The fourth-order valence-corrected chi connectivity index (χ4v) is 3.15. The summed E-state index contributed by atoms with van der Waals surface area (Å²) in [7, 11) is 0. The van der Waals surface area contributed by atoms with Gasteiger partial charge in [0, 0.05) is 16.6 Å². The Morgan fingerprint density at radius 3 is 2.46 bits per heavy atom. The molecule has 0 unspecified atom stereocenters. The summed E-state index contributed by atoms with van der Waals surface area (Å²) in [6.45, 7) is 1.28. The van der Waals surface area contributed by atoms with Crippen LogP contribution >= 0.6 is 27.5 Å². The van der Waals surface area contributed by atoms with Gasteiger partial charge in [-0.3, -0.25) is 4.98 Å². The molecule has 0 saturated heterocycles. The fraction of sp³-hybridized carbons (Fsp3) is 0.211. The van der Waals surface area contributed by atoms with E-state index in [0.29, 0.717) is 18.2 Å². The molecule has 3 aromatic rings. The van der Waals surface area contributed by atoms with Crippen LogP contribution in [0.15, 0.2) is 59.2 Å². The maximum absolute atomic E-state index is 5.91. The van der Waals surface area contributed by atoms with Crippen LogP contribution in [0.1, 0.15) is 12.8 Å². The highest BCUT2D eigenvalue weighted by Gasteiger charge is 2.03. The second-order valence-corrected chi connectivity index (χ2v) is 6.60. The second-order valence-electron chi connectivity index (χ2n) is 5.31. The third-order valence-corrected chi connectivity index (χ3v) is 4.40. The Morgan fingerprint density at radius 1 is 0.917 bits per heavy atom. The average Bonchev–Trinajstić information content (AvgIpc) is 2.59. The van der Waals surface area contributed by atoms with Crippen molar-refractivity contribution < 1.29 is 9.47 Å². The van der Waals surface area contributed by atoms with E-state index in [1.807, 2.05) is 48.5 Å². The molecule has 0 bridgehead atoms. The van der Waals surface area contributed by atoms with Crippen molar-refractivity contribution in [1.29, 1.82) is 0 Å². The lowest BCUT2D eigenvalue weighted by Crippen LogP contribution is -2.03. The van der Waals surface area contributed by atoms with Crippen molar-refractivity contribution in [1.82, 2.24) is 4.98 Å². The summed E-state index contributed by atoms with van der Waals surface area (Å²) in [5.41, 5.74) is 0.904. The molecule has 3 nitrogen and oxygen atoms in total. The van der Waals surface area contributed by atoms with Gasteiger partial charge in [-0.2, -0.15) is 0 Å². The van der Waals surface area contributed by atoms with Gasteiger partial charge in [0.05, 0.1) is 17.7 Å². The molecule has 1 aromatic heterocycles. The Morgan fingerprint density at radius 2 is 1.67 bits per heavy atom. The molecule has 0 aliphatic heterocycles. The Balaban J connectivity index is 1.44. The first-order chi connectivity index (χ1) is 11.7. The number of aromatic nitrogens is 1. The molecular formula is C19H17BrClNO2. The minimum absolute atomic E-state index is 0.636. The number of fused-ring (bicyclic) bond motifs is 1. The van der Waals surface area contributed by atoms with E-state index in [2.05, 4.69) is 20.9 Å². The maximum atomic E-state index is 5.91. The highest BCUT2D eigenvalue weighted by molar-refractivity contribution is 9.10. The maximum Gasteiger partial charge on any atom is 0.145 e. The summed E-state index contributed by atoms with van der Waals surface area (Å²) < 4.78 is 12.5. The number of rotatable bonds is 7. The van der Waals surface area contributed by atoms with Crippen LogP contribution in [0.25, 0.3) is 10.9 Å². The zero-order chi connectivity index (χ0) is 16.8. The predicted octanol–water partition coefficient (Wildman–Crippen LogP) is 5.89. The monoisotopic (exact) mass is 405 g/mol. The summed E-state index contributed by atoms with van der Waals surface area (Å²) in [5, 5.41) is 1.78. The molecule has 0 aliphatic carbocycles. The highest BCUT2D eigenvalue weighted by Crippen LogP contribution is 2.28. The second kappa shape index (κ2) is 8.36. The predicted molar refractivity (Wildman–Crippen MR) is 101 cm³/mol. The van der Waals surface area contributed by atoms with Crippen LogP contribution in [0.3, 0.4) is 0 Å². The van der Waals surface area contributed by atoms with Gasteiger partial charge in [-0.25, -0.2) is 0 Å². The topological polar surface area (TPSA) is 31.4 Å². The first-order valence-corrected chi connectivity index (χ1v) is 8.95. The van der Waals surface area contributed by atoms with Crippen LogP contribution in [0, 0.1) is 0 Å². The van der Waals surface area contributed by atoms with Crippen molar-refractivity contribution in [2.45, 2.75) is 12.8 Å². The molecule has 0 N–H and O–H groups in total. The molecule has 5 heteroatoms. The first kappa shape index (κ1) is 17.1. The summed E-state index contributed by atoms with van der Waals surface area (Å²) in [6.07, 6.45) is 3.61. The Labute approximate surface area is 154 Å². The third-order valence-electron chi connectivity index (χ3n) is 3.54. The fourth-order valence-electron chi connectivity index (χ4n) is 2.35. The molecule has 124 valence electrons. The molecule has 0 aliphatic rings. The SMILES string of the molecule is Clc1ccc(OCCCCOc2cccc3cccnc23)c(Br)c1. The van der Waals surface area contributed by atoms with Gasteiger partial charge in [-0.05, 0) is 59.1 Å². The minimum atomic E-state index is 0.636. The van der Waals surface area contributed by atoms with Crippen molar-refractivity contribution >= 4 is 38.4 Å². The van der Waals surface area contributed by atoms with Crippen LogP contribution in [0.2, 0.25) is 5.02 Å². The van der Waals surface area contributed by atoms with E-state index in [9.17, 15) is 0 Å². The van der Waals surface area contributed by atoms with E-state index in [-0.39, 0.29) is 0 Å². The van der Waals surface area contributed by atoms with E-state index >= 15 is 0 Å². The molecule has 3 rings (SSSR count). The molecule has 0 fully saturated rings. The molecular weight excluding hydrogens is 390 g/mol. The van der Waals surface area contributed by atoms with E-state index < -0.39 is 0 Å².